The van der Waals surface area contributed by atoms with Crippen LogP contribution in [0.4, 0.5) is 5.69 Å². The summed E-state index contributed by atoms with van der Waals surface area (Å²) in [6.45, 7) is 5.18. The number of oxime groups is 1. The van der Waals surface area contributed by atoms with E-state index >= 15 is 0 Å². The number of allylic oxidation sites excluding steroid dienone is 1. The SMILES string of the molecule is C=CCOC12Oc3ccc(Oc4cccc([N+](=O)[O-])c4)cc3C3C(CCCCO)C(CCCCO)C=C(C(=NOC4CCCCO4)CC1SCCc1ccncc1)C32. The van der Waals surface area contributed by atoms with Crippen LogP contribution in [0, 0.1) is 27.9 Å². The Labute approximate surface area is 344 Å². The van der Waals surface area contributed by atoms with Crippen LogP contribution in [-0.2, 0) is 20.7 Å². The maximum atomic E-state index is 11.6. The number of aryl methyl sites for hydroxylation is 1. The van der Waals surface area contributed by atoms with E-state index in [0.717, 1.165) is 74.0 Å². The third-order valence-electron chi connectivity index (χ3n) is 11.8. The van der Waals surface area contributed by atoms with Crippen molar-refractivity contribution in [1.82, 2.24) is 4.98 Å². The fraction of sp³-hybridized carbons (Fsp3) is 0.511. The van der Waals surface area contributed by atoms with E-state index in [2.05, 4.69) is 17.6 Å². The predicted molar refractivity (Wildman–Crippen MR) is 223 cm³/mol. The third-order valence-corrected chi connectivity index (χ3v) is 13.1. The second kappa shape index (κ2) is 20.1. The molecule has 1 saturated heterocycles. The highest BCUT2D eigenvalue weighted by Crippen LogP contribution is 2.62. The van der Waals surface area contributed by atoms with Crippen LogP contribution in [0.15, 0.2) is 96.5 Å². The average molecular weight is 814 g/mol. The first-order valence-electron chi connectivity index (χ1n) is 20.7. The normalized spacial score (nSPS) is 26.8. The summed E-state index contributed by atoms with van der Waals surface area (Å²) in [5, 5.41) is 36.1. The number of ether oxygens (including phenoxy) is 4. The van der Waals surface area contributed by atoms with Gasteiger partial charge in [0.25, 0.3) is 5.69 Å². The molecule has 2 aliphatic heterocycles. The maximum Gasteiger partial charge on any atom is 0.273 e. The van der Waals surface area contributed by atoms with Gasteiger partial charge < -0.3 is 34.0 Å². The Bertz CT molecular complexity index is 1900. The molecule has 58 heavy (non-hydrogen) atoms. The number of benzene rings is 2. The van der Waals surface area contributed by atoms with Gasteiger partial charge in [-0.25, -0.2) is 0 Å². The van der Waals surface area contributed by atoms with Crippen LogP contribution in [0.2, 0.25) is 0 Å². The van der Waals surface area contributed by atoms with Gasteiger partial charge >= 0.3 is 0 Å². The fourth-order valence-electron chi connectivity index (χ4n) is 9.12. The number of aromatic nitrogens is 1. The van der Waals surface area contributed by atoms with E-state index in [1.165, 1.54) is 17.7 Å². The Kier molecular flexibility index (Phi) is 14.5. The maximum absolute atomic E-state index is 11.6. The smallest absolute Gasteiger partial charge is 0.273 e. The number of hydrogen-bond donors (Lipinski definition) is 2. The molecule has 1 aromatic heterocycles. The first kappa shape index (κ1) is 41.9. The molecule has 3 aromatic rings. The van der Waals surface area contributed by atoms with Crippen LogP contribution in [0.5, 0.6) is 17.2 Å². The highest BCUT2D eigenvalue weighted by molar-refractivity contribution is 8.00. The first-order chi connectivity index (χ1) is 28.4. The highest BCUT2D eigenvalue weighted by Gasteiger charge is 2.64. The number of aliphatic hydroxyl groups is 2. The number of non-ortho nitro benzene ring substituents is 1. The number of aliphatic hydroxyl groups excluding tert-OH is 2. The highest BCUT2D eigenvalue weighted by atomic mass is 32.2. The minimum absolute atomic E-state index is 0.0537. The molecule has 12 nitrogen and oxygen atoms in total. The van der Waals surface area contributed by atoms with Gasteiger partial charge in [0.1, 0.15) is 17.2 Å². The van der Waals surface area contributed by atoms with Crippen molar-refractivity contribution in [1.29, 1.82) is 0 Å². The molecule has 0 amide bonds. The van der Waals surface area contributed by atoms with Crippen LogP contribution in [0.25, 0.3) is 0 Å². The lowest BCUT2D eigenvalue weighted by atomic mass is 9.56. The van der Waals surface area contributed by atoms with Crippen molar-refractivity contribution in [2.75, 3.05) is 32.2 Å². The molecule has 3 heterocycles. The average Bonchev–Trinajstić information content (AvgIpc) is 3.25. The lowest BCUT2D eigenvalue weighted by molar-refractivity contribution is -0.384. The molecular weight excluding hydrogens is 759 g/mol. The second-order valence-corrected chi connectivity index (χ2v) is 16.8. The van der Waals surface area contributed by atoms with Crippen molar-refractivity contribution < 1.29 is 38.9 Å². The Balaban J connectivity index is 1.36. The summed E-state index contributed by atoms with van der Waals surface area (Å²) >= 11 is 1.81. The molecule has 0 bridgehead atoms. The van der Waals surface area contributed by atoms with Crippen LogP contribution in [0.3, 0.4) is 0 Å². The minimum atomic E-state index is -1.10. The van der Waals surface area contributed by atoms with Crippen molar-refractivity contribution >= 4 is 23.2 Å². The summed E-state index contributed by atoms with van der Waals surface area (Å²) in [7, 11) is 0. The molecule has 7 rings (SSSR count). The van der Waals surface area contributed by atoms with Crippen molar-refractivity contribution in [2.24, 2.45) is 22.9 Å². The summed E-state index contributed by atoms with van der Waals surface area (Å²) in [6.07, 6.45) is 16.3. The summed E-state index contributed by atoms with van der Waals surface area (Å²) in [5.41, 5.74) is 4.01. The molecule has 7 unspecified atom stereocenters. The molecule has 4 aliphatic rings. The number of fused-ring (bicyclic) bond motifs is 2. The molecule has 2 aliphatic carbocycles. The predicted octanol–water partition coefficient (Wildman–Crippen LogP) is 8.92. The topological polar surface area (TPSA) is 155 Å². The standard InChI is InChI=1S/C45H55N3O9S/c1-2-24-54-45-41(58-26-19-31-17-20-46-21-18-31)30-39(47-57-42-14-5-8-25-53-42)37-27-32(10-3-6-22-49)36(13-4-7-23-50)43(44(37)45)38-29-35(15-16-40(38)56-45)55-34-12-9-11-33(28-34)48(51)52/h2,9,11-12,15-18,20-21,27-29,32,36,41-44,49-50H,1,3-8,10,13-14,19,22-26,30H2. The molecule has 0 radical (unpaired) electrons. The monoisotopic (exact) mass is 813 g/mol. The van der Waals surface area contributed by atoms with Crippen LogP contribution in [0.1, 0.15) is 81.3 Å². The van der Waals surface area contributed by atoms with Gasteiger partial charge in [0.15, 0.2) is 0 Å². The zero-order valence-corrected chi connectivity index (χ0v) is 33.8. The van der Waals surface area contributed by atoms with Crippen molar-refractivity contribution in [3.05, 3.63) is 113 Å². The van der Waals surface area contributed by atoms with E-state index in [1.807, 2.05) is 54.5 Å². The number of hydrogen-bond acceptors (Lipinski definition) is 12. The molecule has 7 atom stereocenters. The summed E-state index contributed by atoms with van der Waals surface area (Å²) in [4.78, 5) is 21.6. The summed E-state index contributed by atoms with van der Waals surface area (Å²) < 4.78 is 26.6. The number of thioether (sulfide) groups is 1. The minimum Gasteiger partial charge on any atom is -0.460 e. The van der Waals surface area contributed by atoms with Gasteiger partial charge in [-0.3, -0.25) is 15.1 Å². The van der Waals surface area contributed by atoms with E-state index in [0.29, 0.717) is 43.1 Å². The van der Waals surface area contributed by atoms with Gasteiger partial charge in [-0.05, 0) is 110 Å². The van der Waals surface area contributed by atoms with Crippen molar-refractivity contribution in [3.63, 3.8) is 0 Å². The number of nitro benzene ring substituents is 1. The molecular formula is C45H55N3O9S. The van der Waals surface area contributed by atoms with E-state index in [-0.39, 0.29) is 54.4 Å². The van der Waals surface area contributed by atoms with E-state index < -0.39 is 17.0 Å². The van der Waals surface area contributed by atoms with Crippen molar-refractivity contribution in [3.8, 4) is 17.2 Å². The van der Waals surface area contributed by atoms with Gasteiger partial charge in [-0.1, -0.05) is 36.2 Å². The van der Waals surface area contributed by atoms with E-state index in [4.69, 9.17) is 28.9 Å². The second-order valence-electron chi connectivity index (χ2n) is 15.5. The van der Waals surface area contributed by atoms with Gasteiger partial charge in [-0.15, -0.1) is 6.58 Å². The Morgan fingerprint density at radius 1 is 1.03 bits per heavy atom. The molecule has 2 fully saturated rings. The van der Waals surface area contributed by atoms with Crippen LogP contribution >= 0.6 is 11.8 Å². The van der Waals surface area contributed by atoms with Gasteiger partial charge in [0.2, 0.25) is 12.1 Å². The van der Waals surface area contributed by atoms with Crippen molar-refractivity contribution in [2.45, 2.75) is 93.9 Å². The Morgan fingerprint density at radius 2 is 1.84 bits per heavy atom. The number of nitro groups is 1. The van der Waals surface area contributed by atoms with E-state index in [1.54, 1.807) is 18.2 Å². The number of unbranched alkanes of at least 4 members (excludes halogenated alkanes) is 2. The number of pyridine rings is 1. The van der Waals surface area contributed by atoms with Gasteiger partial charge in [-0.2, -0.15) is 11.8 Å². The molecule has 0 spiro atoms. The molecule has 2 aromatic carbocycles. The van der Waals surface area contributed by atoms with Crippen LogP contribution in [-0.4, -0.2) is 75.3 Å². The summed E-state index contributed by atoms with van der Waals surface area (Å²) in [5.74, 6) is 1.11. The Hall–Kier alpha value is -4.27. The zero-order valence-electron chi connectivity index (χ0n) is 33.0. The molecule has 2 N–H and O–H groups in total. The lowest BCUT2D eigenvalue weighted by Crippen LogP contribution is -2.64. The molecule has 13 heteroatoms. The van der Waals surface area contributed by atoms with E-state index in [9.17, 15) is 20.3 Å². The lowest BCUT2D eigenvalue weighted by Gasteiger charge is -2.58. The summed E-state index contributed by atoms with van der Waals surface area (Å²) in [6, 6.07) is 16.1. The molecule has 1 saturated carbocycles. The molecule has 310 valence electrons. The number of rotatable bonds is 20. The quantitative estimate of drug-likeness (QED) is 0.0486. The first-order valence-corrected chi connectivity index (χ1v) is 21.8. The third kappa shape index (κ3) is 9.61. The fourth-order valence-corrected chi connectivity index (χ4v) is 10.5. The van der Waals surface area contributed by atoms with Crippen LogP contribution < -0.4 is 9.47 Å². The largest absolute Gasteiger partial charge is 0.460 e. The van der Waals surface area contributed by atoms with Gasteiger partial charge in [0, 0.05) is 56.0 Å². The number of nitrogens with zero attached hydrogens (tertiary/aromatic N) is 3. The van der Waals surface area contributed by atoms with Gasteiger partial charge in [0.05, 0.1) is 41.1 Å². The zero-order chi connectivity index (χ0) is 40.3. The Morgan fingerprint density at radius 3 is 2.60 bits per heavy atom.